The number of para-hydroxylation sites is 1. The second kappa shape index (κ2) is 6.77. The van der Waals surface area contributed by atoms with E-state index in [9.17, 15) is 14.4 Å². The van der Waals surface area contributed by atoms with Gasteiger partial charge in [0.2, 0.25) is 0 Å². The van der Waals surface area contributed by atoms with Crippen LogP contribution in [0.5, 0.6) is 0 Å². The maximum atomic E-state index is 12.5. The van der Waals surface area contributed by atoms with Crippen LogP contribution in [0.15, 0.2) is 66.2 Å². The zero-order valence-electron chi connectivity index (χ0n) is 14.3. The standard InChI is InChI=1S/C20H15N3O3S/c1-2-11-22-15-9-5-6-10-16(15)27-20(22)21-17(24)12-23-18(25)13-7-3-4-8-14(13)19(23)26/h2-10H,1,11-12H2. The van der Waals surface area contributed by atoms with E-state index in [1.54, 1.807) is 30.3 Å². The van der Waals surface area contributed by atoms with E-state index in [4.69, 9.17) is 0 Å². The van der Waals surface area contributed by atoms with E-state index >= 15 is 0 Å². The lowest BCUT2D eigenvalue weighted by Crippen LogP contribution is -2.35. The number of benzene rings is 2. The van der Waals surface area contributed by atoms with Crippen LogP contribution in [0.3, 0.4) is 0 Å². The molecule has 0 saturated heterocycles. The molecule has 0 radical (unpaired) electrons. The Balaban J connectivity index is 1.66. The molecule has 0 spiro atoms. The van der Waals surface area contributed by atoms with E-state index in [0.29, 0.717) is 22.5 Å². The van der Waals surface area contributed by atoms with Crippen LogP contribution < -0.4 is 4.80 Å². The Hall–Kier alpha value is -3.32. The lowest BCUT2D eigenvalue weighted by molar-refractivity contribution is -0.118. The lowest BCUT2D eigenvalue weighted by atomic mass is 10.1. The van der Waals surface area contributed by atoms with Crippen LogP contribution in [0.4, 0.5) is 0 Å². The van der Waals surface area contributed by atoms with Crippen LogP contribution >= 0.6 is 11.3 Å². The molecule has 134 valence electrons. The van der Waals surface area contributed by atoms with Gasteiger partial charge in [-0.25, -0.2) is 0 Å². The summed E-state index contributed by atoms with van der Waals surface area (Å²) in [4.78, 5) is 42.9. The Kier molecular flexibility index (Phi) is 4.29. The average molecular weight is 377 g/mol. The van der Waals surface area contributed by atoms with E-state index in [2.05, 4.69) is 11.6 Å². The van der Waals surface area contributed by atoms with Crippen molar-refractivity contribution < 1.29 is 14.4 Å². The SMILES string of the molecule is C=CCn1c(=NC(=O)CN2C(=O)c3ccccc3C2=O)sc2ccccc21. The van der Waals surface area contributed by atoms with Crippen LogP contribution in [-0.2, 0) is 11.3 Å². The second-order valence-corrected chi connectivity index (χ2v) is 7.01. The van der Waals surface area contributed by atoms with Crippen molar-refractivity contribution in [1.29, 1.82) is 0 Å². The highest BCUT2D eigenvalue weighted by atomic mass is 32.1. The lowest BCUT2D eigenvalue weighted by Gasteiger charge is -2.10. The molecule has 27 heavy (non-hydrogen) atoms. The summed E-state index contributed by atoms with van der Waals surface area (Å²) in [7, 11) is 0. The minimum absolute atomic E-state index is 0.318. The highest BCUT2D eigenvalue weighted by Crippen LogP contribution is 2.22. The second-order valence-electron chi connectivity index (χ2n) is 6.00. The summed E-state index contributed by atoms with van der Waals surface area (Å²) < 4.78 is 2.87. The predicted octanol–water partition coefficient (Wildman–Crippen LogP) is 2.61. The van der Waals surface area contributed by atoms with Gasteiger partial charge >= 0.3 is 0 Å². The highest BCUT2D eigenvalue weighted by molar-refractivity contribution is 7.16. The first-order chi connectivity index (χ1) is 13.1. The summed E-state index contributed by atoms with van der Waals surface area (Å²) in [6, 6.07) is 14.3. The van der Waals surface area contributed by atoms with Crippen LogP contribution in [-0.4, -0.2) is 33.7 Å². The van der Waals surface area contributed by atoms with Gasteiger partial charge in [-0.2, -0.15) is 4.99 Å². The summed E-state index contributed by atoms with van der Waals surface area (Å²) in [6.45, 7) is 3.87. The summed E-state index contributed by atoms with van der Waals surface area (Å²) in [5.74, 6) is -1.47. The zero-order valence-corrected chi connectivity index (χ0v) is 15.1. The third kappa shape index (κ3) is 2.92. The molecule has 0 unspecified atom stereocenters. The van der Waals surface area contributed by atoms with Gasteiger partial charge < -0.3 is 4.57 Å². The first kappa shape index (κ1) is 17.1. The first-order valence-electron chi connectivity index (χ1n) is 8.32. The molecular weight excluding hydrogens is 362 g/mol. The average Bonchev–Trinajstić information content (AvgIpc) is 3.13. The van der Waals surface area contributed by atoms with E-state index in [-0.39, 0.29) is 6.54 Å². The Labute approximate surface area is 158 Å². The van der Waals surface area contributed by atoms with Gasteiger partial charge in [-0.15, -0.1) is 6.58 Å². The van der Waals surface area contributed by atoms with Gasteiger partial charge in [0.15, 0.2) is 4.80 Å². The molecule has 2 aromatic carbocycles. The monoisotopic (exact) mass is 377 g/mol. The van der Waals surface area contributed by atoms with Gasteiger partial charge in [-0.1, -0.05) is 41.7 Å². The number of nitrogens with zero attached hydrogens (tertiary/aromatic N) is 3. The number of carbonyl (C=O) groups is 3. The summed E-state index contributed by atoms with van der Waals surface area (Å²) in [5.41, 5.74) is 1.59. The smallest absolute Gasteiger partial charge is 0.268 e. The minimum atomic E-state index is -0.547. The van der Waals surface area contributed by atoms with Crippen LogP contribution in [0.1, 0.15) is 20.7 Å². The molecule has 6 nitrogen and oxygen atoms in total. The molecule has 1 aliphatic rings. The van der Waals surface area contributed by atoms with Gasteiger partial charge in [0.1, 0.15) is 6.54 Å². The highest BCUT2D eigenvalue weighted by Gasteiger charge is 2.36. The molecule has 0 N–H and O–H groups in total. The number of amides is 3. The van der Waals surface area contributed by atoms with Crippen molar-refractivity contribution >= 4 is 39.3 Å². The minimum Gasteiger partial charge on any atom is -0.313 e. The van der Waals surface area contributed by atoms with Gasteiger partial charge in [-0.3, -0.25) is 19.3 Å². The van der Waals surface area contributed by atoms with Crippen molar-refractivity contribution in [2.24, 2.45) is 4.99 Å². The third-order valence-corrected chi connectivity index (χ3v) is 5.35. The number of carbonyl (C=O) groups excluding carboxylic acids is 3. The van der Waals surface area contributed by atoms with E-state index in [0.717, 1.165) is 15.1 Å². The summed E-state index contributed by atoms with van der Waals surface area (Å²) >= 11 is 1.38. The van der Waals surface area contributed by atoms with Crippen molar-refractivity contribution in [3.8, 4) is 0 Å². The Bertz CT molecular complexity index is 1140. The third-order valence-electron chi connectivity index (χ3n) is 4.29. The number of rotatable bonds is 4. The predicted molar refractivity (Wildman–Crippen MR) is 102 cm³/mol. The van der Waals surface area contributed by atoms with Gasteiger partial charge in [-0.05, 0) is 24.3 Å². The quantitative estimate of drug-likeness (QED) is 0.518. The number of hydrogen-bond donors (Lipinski definition) is 0. The molecule has 2 heterocycles. The van der Waals surface area contributed by atoms with E-state index in [1.165, 1.54) is 11.3 Å². The largest absolute Gasteiger partial charge is 0.313 e. The molecule has 0 aliphatic carbocycles. The van der Waals surface area contributed by atoms with Crippen LogP contribution in [0.25, 0.3) is 10.2 Å². The Morgan fingerprint density at radius 3 is 2.33 bits per heavy atom. The first-order valence-corrected chi connectivity index (χ1v) is 9.14. The van der Waals surface area contributed by atoms with Crippen LogP contribution in [0, 0.1) is 0 Å². The van der Waals surface area contributed by atoms with E-state index < -0.39 is 17.7 Å². The molecular formula is C20H15N3O3S. The van der Waals surface area contributed by atoms with Crippen molar-refractivity contribution in [3.05, 3.63) is 77.1 Å². The number of imide groups is 1. The fourth-order valence-electron chi connectivity index (χ4n) is 3.07. The maximum absolute atomic E-state index is 12.5. The molecule has 3 aromatic rings. The molecule has 0 bridgehead atoms. The summed E-state index contributed by atoms with van der Waals surface area (Å²) in [5, 5.41) is 0. The molecule has 0 atom stereocenters. The number of allylic oxidation sites excluding steroid dienone is 1. The Morgan fingerprint density at radius 1 is 1.04 bits per heavy atom. The fourth-order valence-corrected chi connectivity index (χ4v) is 4.13. The van der Waals surface area contributed by atoms with Crippen molar-refractivity contribution in [2.75, 3.05) is 6.54 Å². The van der Waals surface area contributed by atoms with Crippen molar-refractivity contribution in [1.82, 2.24) is 9.47 Å². The number of thiazole rings is 1. The maximum Gasteiger partial charge on any atom is 0.268 e. The molecule has 3 amide bonds. The molecule has 4 rings (SSSR count). The van der Waals surface area contributed by atoms with Crippen molar-refractivity contribution in [3.63, 3.8) is 0 Å². The number of hydrogen-bond acceptors (Lipinski definition) is 4. The molecule has 1 aromatic heterocycles. The number of aromatic nitrogens is 1. The van der Waals surface area contributed by atoms with Gasteiger partial charge in [0, 0.05) is 6.54 Å². The van der Waals surface area contributed by atoms with E-state index in [1.807, 2.05) is 28.8 Å². The summed E-state index contributed by atoms with van der Waals surface area (Å²) in [6.07, 6.45) is 1.73. The Morgan fingerprint density at radius 2 is 1.67 bits per heavy atom. The fraction of sp³-hybridized carbons (Fsp3) is 0.100. The van der Waals surface area contributed by atoms with Crippen molar-refractivity contribution in [2.45, 2.75) is 6.54 Å². The normalized spacial score (nSPS) is 14.1. The molecule has 0 saturated carbocycles. The number of fused-ring (bicyclic) bond motifs is 2. The molecule has 7 heteroatoms. The molecule has 1 aliphatic heterocycles. The van der Waals surface area contributed by atoms with Crippen LogP contribution in [0.2, 0.25) is 0 Å². The zero-order chi connectivity index (χ0) is 19.0. The molecule has 0 fully saturated rings. The van der Waals surface area contributed by atoms with Gasteiger partial charge in [0.25, 0.3) is 17.7 Å². The topological polar surface area (TPSA) is 71.7 Å². The van der Waals surface area contributed by atoms with Gasteiger partial charge in [0.05, 0.1) is 21.3 Å².